The number of hydrogen-bond acceptors (Lipinski definition) is 3. The van der Waals surface area contributed by atoms with Gasteiger partial charge < -0.3 is 14.8 Å². The number of anilines is 1. The predicted octanol–water partition coefficient (Wildman–Crippen LogP) is 4.26. The predicted molar refractivity (Wildman–Crippen MR) is 84.0 cm³/mol. The van der Waals surface area contributed by atoms with Gasteiger partial charge in [-0.2, -0.15) is 0 Å². The molecule has 0 aliphatic carbocycles. The summed E-state index contributed by atoms with van der Waals surface area (Å²) in [7, 11) is 3.01. The third-order valence-corrected chi connectivity index (χ3v) is 3.45. The molecule has 0 bridgehead atoms. The first-order valence-electron chi connectivity index (χ1n) is 6.04. The number of rotatable bonds is 4. The summed E-state index contributed by atoms with van der Waals surface area (Å²) in [6.07, 6.45) is 0. The van der Waals surface area contributed by atoms with E-state index in [1.54, 1.807) is 43.5 Å². The normalized spacial score (nSPS) is 10.1. The Morgan fingerprint density at radius 3 is 2.14 bits per heavy atom. The second kappa shape index (κ2) is 6.70. The van der Waals surface area contributed by atoms with Crippen LogP contribution in [0.5, 0.6) is 11.5 Å². The number of halogens is 2. The van der Waals surface area contributed by atoms with Crippen molar-refractivity contribution >= 4 is 34.8 Å². The van der Waals surface area contributed by atoms with Crippen LogP contribution in [-0.2, 0) is 0 Å². The van der Waals surface area contributed by atoms with Crippen molar-refractivity contribution in [3.63, 3.8) is 0 Å². The van der Waals surface area contributed by atoms with Crippen molar-refractivity contribution in [3.05, 3.63) is 52.0 Å². The number of ether oxygens (including phenoxy) is 2. The lowest BCUT2D eigenvalue weighted by molar-refractivity contribution is 0.102. The molecule has 0 unspecified atom stereocenters. The van der Waals surface area contributed by atoms with Gasteiger partial charge in [0.1, 0.15) is 11.3 Å². The summed E-state index contributed by atoms with van der Waals surface area (Å²) in [6.45, 7) is 0. The van der Waals surface area contributed by atoms with Gasteiger partial charge in [0.2, 0.25) is 0 Å². The Morgan fingerprint density at radius 2 is 1.57 bits per heavy atom. The largest absolute Gasteiger partial charge is 0.497 e. The molecule has 1 N–H and O–H groups in total. The molecule has 110 valence electrons. The van der Waals surface area contributed by atoms with Gasteiger partial charge in [0.15, 0.2) is 5.75 Å². The molecule has 0 saturated heterocycles. The molecule has 0 aliphatic heterocycles. The zero-order valence-electron chi connectivity index (χ0n) is 11.4. The third kappa shape index (κ3) is 3.40. The molecule has 4 nitrogen and oxygen atoms in total. The molecular formula is C15H13Cl2NO3. The maximum atomic E-state index is 12.4. The second-order valence-corrected chi connectivity index (χ2v) is 4.93. The van der Waals surface area contributed by atoms with E-state index in [2.05, 4.69) is 5.32 Å². The Hall–Kier alpha value is -1.91. The van der Waals surface area contributed by atoms with Crippen molar-refractivity contribution in [1.82, 2.24) is 0 Å². The average molecular weight is 326 g/mol. The Labute approximate surface area is 132 Å². The van der Waals surface area contributed by atoms with Crippen LogP contribution in [0.4, 0.5) is 5.69 Å². The SMILES string of the molecule is COc1ccc(NC(=O)c2c(Cl)ccc(Cl)c2OC)cc1. The van der Waals surface area contributed by atoms with E-state index in [0.717, 1.165) is 0 Å². The smallest absolute Gasteiger partial charge is 0.261 e. The number of hydrogen-bond donors (Lipinski definition) is 1. The Balaban J connectivity index is 2.29. The molecule has 2 aromatic rings. The molecule has 6 heteroatoms. The Bertz CT molecular complexity index is 657. The first-order chi connectivity index (χ1) is 10.1. The summed E-state index contributed by atoms with van der Waals surface area (Å²) < 4.78 is 10.2. The third-order valence-electron chi connectivity index (χ3n) is 2.84. The first-order valence-corrected chi connectivity index (χ1v) is 6.79. The van der Waals surface area contributed by atoms with Gasteiger partial charge in [-0.25, -0.2) is 0 Å². The van der Waals surface area contributed by atoms with E-state index >= 15 is 0 Å². The van der Waals surface area contributed by atoms with Crippen molar-refractivity contribution in [3.8, 4) is 11.5 Å². The fourth-order valence-electron chi connectivity index (χ4n) is 1.81. The molecule has 0 saturated carbocycles. The average Bonchev–Trinajstić information content (AvgIpc) is 2.49. The van der Waals surface area contributed by atoms with Crippen molar-refractivity contribution in [2.75, 3.05) is 19.5 Å². The molecule has 2 rings (SSSR count). The molecule has 0 spiro atoms. The minimum Gasteiger partial charge on any atom is -0.497 e. The van der Waals surface area contributed by atoms with Crippen LogP contribution < -0.4 is 14.8 Å². The van der Waals surface area contributed by atoms with Crippen molar-refractivity contribution in [1.29, 1.82) is 0 Å². The summed E-state index contributed by atoms with van der Waals surface area (Å²) in [5.41, 5.74) is 0.807. The van der Waals surface area contributed by atoms with Crippen molar-refractivity contribution in [2.45, 2.75) is 0 Å². The zero-order chi connectivity index (χ0) is 15.4. The molecule has 0 radical (unpaired) electrons. The van der Waals surface area contributed by atoms with E-state index in [1.807, 2.05) is 0 Å². The van der Waals surface area contributed by atoms with E-state index in [1.165, 1.54) is 7.11 Å². The topological polar surface area (TPSA) is 47.6 Å². The molecule has 0 aliphatic rings. The lowest BCUT2D eigenvalue weighted by Crippen LogP contribution is -2.14. The quantitative estimate of drug-likeness (QED) is 0.913. The lowest BCUT2D eigenvalue weighted by Gasteiger charge is -2.12. The number of amides is 1. The van der Waals surface area contributed by atoms with Crippen LogP contribution >= 0.6 is 23.2 Å². The molecule has 0 atom stereocenters. The van der Waals surface area contributed by atoms with Crippen molar-refractivity contribution in [2.24, 2.45) is 0 Å². The van der Waals surface area contributed by atoms with Gasteiger partial charge in [-0.05, 0) is 36.4 Å². The molecule has 2 aromatic carbocycles. The Morgan fingerprint density at radius 1 is 0.952 bits per heavy atom. The van der Waals surface area contributed by atoms with Crippen LogP contribution in [0.2, 0.25) is 10.0 Å². The number of benzene rings is 2. The van der Waals surface area contributed by atoms with Crippen LogP contribution in [0.1, 0.15) is 10.4 Å². The summed E-state index contributed by atoms with van der Waals surface area (Å²) >= 11 is 12.1. The lowest BCUT2D eigenvalue weighted by atomic mass is 10.1. The number of nitrogens with one attached hydrogen (secondary N) is 1. The van der Waals surface area contributed by atoms with Crippen LogP contribution in [0.15, 0.2) is 36.4 Å². The summed E-state index contributed by atoms with van der Waals surface area (Å²) in [6, 6.07) is 10.1. The molecule has 1 amide bonds. The van der Waals surface area contributed by atoms with Gasteiger partial charge in [-0.1, -0.05) is 23.2 Å². The van der Waals surface area contributed by atoms with Crippen LogP contribution in [0.3, 0.4) is 0 Å². The maximum Gasteiger partial charge on any atom is 0.261 e. The number of carbonyl (C=O) groups excluding carboxylic acids is 1. The van der Waals surface area contributed by atoms with Gasteiger partial charge in [-0.15, -0.1) is 0 Å². The van der Waals surface area contributed by atoms with Crippen LogP contribution in [0.25, 0.3) is 0 Å². The molecule has 21 heavy (non-hydrogen) atoms. The molecule has 0 fully saturated rings. The molecule has 0 heterocycles. The standard InChI is InChI=1S/C15H13Cl2NO3/c1-20-10-5-3-9(4-6-10)18-15(19)13-11(16)7-8-12(17)14(13)21-2/h3-8H,1-2H3,(H,18,19). The Kier molecular flexibility index (Phi) is 4.94. The van der Waals surface area contributed by atoms with Gasteiger partial charge in [-0.3, -0.25) is 4.79 Å². The highest BCUT2D eigenvalue weighted by molar-refractivity contribution is 6.37. The van der Waals surface area contributed by atoms with Crippen molar-refractivity contribution < 1.29 is 14.3 Å². The molecular weight excluding hydrogens is 313 g/mol. The van der Waals surface area contributed by atoms with E-state index in [0.29, 0.717) is 16.5 Å². The number of carbonyl (C=O) groups is 1. The summed E-state index contributed by atoms with van der Waals surface area (Å²) in [5.74, 6) is 0.547. The van der Waals surface area contributed by atoms with E-state index in [4.69, 9.17) is 32.7 Å². The number of methoxy groups -OCH3 is 2. The zero-order valence-corrected chi connectivity index (χ0v) is 13.0. The fraction of sp³-hybridized carbons (Fsp3) is 0.133. The fourth-order valence-corrected chi connectivity index (χ4v) is 2.28. The highest BCUT2D eigenvalue weighted by Crippen LogP contribution is 2.34. The maximum absolute atomic E-state index is 12.4. The van der Waals surface area contributed by atoms with E-state index < -0.39 is 5.91 Å². The van der Waals surface area contributed by atoms with Gasteiger partial charge in [0.25, 0.3) is 5.91 Å². The van der Waals surface area contributed by atoms with E-state index in [-0.39, 0.29) is 16.3 Å². The minimum absolute atomic E-state index is 0.197. The monoisotopic (exact) mass is 325 g/mol. The first kappa shape index (κ1) is 15.5. The second-order valence-electron chi connectivity index (χ2n) is 4.12. The van der Waals surface area contributed by atoms with Crippen LogP contribution in [0, 0.1) is 0 Å². The molecule has 0 aromatic heterocycles. The highest BCUT2D eigenvalue weighted by atomic mass is 35.5. The van der Waals surface area contributed by atoms with E-state index in [9.17, 15) is 4.79 Å². The van der Waals surface area contributed by atoms with Gasteiger partial charge in [0, 0.05) is 5.69 Å². The summed E-state index contributed by atoms with van der Waals surface area (Å²) in [5, 5.41) is 3.32. The van der Waals surface area contributed by atoms with Gasteiger partial charge in [0.05, 0.1) is 24.3 Å². The van der Waals surface area contributed by atoms with Gasteiger partial charge >= 0.3 is 0 Å². The van der Waals surface area contributed by atoms with Crippen LogP contribution in [-0.4, -0.2) is 20.1 Å². The highest BCUT2D eigenvalue weighted by Gasteiger charge is 2.19. The minimum atomic E-state index is -0.399. The summed E-state index contributed by atoms with van der Waals surface area (Å²) in [4.78, 5) is 12.4.